The predicted molar refractivity (Wildman–Crippen MR) is 108 cm³/mol. The average molecular weight is 375 g/mol. The smallest absolute Gasteiger partial charge is 0.274 e. The van der Waals surface area contributed by atoms with Gasteiger partial charge in [-0.3, -0.25) is 19.8 Å². The fraction of sp³-hybridized carbons (Fsp3) is 0.136. The van der Waals surface area contributed by atoms with Crippen LogP contribution in [-0.2, 0) is 6.54 Å². The minimum Gasteiger partial charge on any atom is -0.366 e. The zero-order valence-electron chi connectivity index (χ0n) is 15.5. The molecule has 0 heterocycles. The normalized spacial score (nSPS) is 11.0. The van der Waals surface area contributed by atoms with Crippen molar-refractivity contribution in [1.29, 1.82) is 0 Å². The van der Waals surface area contributed by atoms with Gasteiger partial charge in [0.1, 0.15) is 0 Å². The maximum Gasteiger partial charge on any atom is 0.274 e. The van der Waals surface area contributed by atoms with Gasteiger partial charge in [-0.05, 0) is 24.2 Å². The molecular formula is C22H21N3O3. The third-order valence-corrected chi connectivity index (χ3v) is 4.66. The summed E-state index contributed by atoms with van der Waals surface area (Å²) >= 11 is 0. The van der Waals surface area contributed by atoms with E-state index in [1.807, 2.05) is 67.7 Å². The first kappa shape index (κ1) is 19.3. The number of benzene rings is 3. The van der Waals surface area contributed by atoms with E-state index in [1.54, 1.807) is 6.07 Å². The van der Waals surface area contributed by atoms with Gasteiger partial charge in [0.15, 0.2) is 0 Å². The number of carbonyl (C=O) groups is 1. The molecule has 6 heteroatoms. The maximum absolute atomic E-state index is 11.5. The molecule has 3 rings (SSSR count). The summed E-state index contributed by atoms with van der Waals surface area (Å²) in [5.74, 6) is -0.686. The molecule has 0 aliphatic heterocycles. The van der Waals surface area contributed by atoms with Gasteiger partial charge >= 0.3 is 0 Å². The average Bonchev–Trinajstić information content (AvgIpc) is 2.69. The van der Waals surface area contributed by atoms with Crippen molar-refractivity contribution in [1.82, 2.24) is 4.90 Å². The first-order chi connectivity index (χ1) is 13.5. The Labute approximate surface area is 163 Å². The van der Waals surface area contributed by atoms with Crippen LogP contribution in [0.15, 0.2) is 78.9 Å². The van der Waals surface area contributed by atoms with E-state index in [0.717, 1.165) is 11.1 Å². The Morgan fingerprint density at radius 3 is 2.00 bits per heavy atom. The van der Waals surface area contributed by atoms with Crippen LogP contribution in [-0.4, -0.2) is 22.8 Å². The maximum atomic E-state index is 11.5. The Morgan fingerprint density at radius 2 is 1.54 bits per heavy atom. The van der Waals surface area contributed by atoms with Crippen molar-refractivity contribution in [2.24, 2.45) is 5.73 Å². The number of nitrogens with two attached hydrogens (primary N) is 1. The second-order valence-corrected chi connectivity index (χ2v) is 6.60. The van der Waals surface area contributed by atoms with Crippen molar-refractivity contribution in [3.05, 3.63) is 111 Å². The Kier molecular flexibility index (Phi) is 5.81. The van der Waals surface area contributed by atoms with E-state index in [2.05, 4.69) is 4.90 Å². The SMILES string of the molecule is CN(Cc1ccc(C(N)=O)cc1[N+](=O)[O-])C(c1ccccc1)c1ccccc1. The molecule has 0 saturated carbocycles. The lowest BCUT2D eigenvalue weighted by molar-refractivity contribution is -0.385. The van der Waals surface area contributed by atoms with E-state index < -0.39 is 10.8 Å². The van der Waals surface area contributed by atoms with Gasteiger partial charge in [-0.1, -0.05) is 66.7 Å². The molecule has 28 heavy (non-hydrogen) atoms. The lowest BCUT2D eigenvalue weighted by atomic mass is 9.96. The Balaban J connectivity index is 1.98. The van der Waals surface area contributed by atoms with E-state index in [9.17, 15) is 14.9 Å². The summed E-state index contributed by atoms with van der Waals surface area (Å²) in [5, 5.41) is 11.5. The summed E-state index contributed by atoms with van der Waals surface area (Å²) < 4.78 is 0. The van der Waals surface area contributed by atoms with Gasteiger partial charge in [0.05, 0.1) is 11.0 Å². The van der Waals surface area contributed by atoms with Crippen LogP contribution in [0.1, 0.15) is 33.1 Å². The minimum absolute atomic E-state index is 0.0715. The topological polar surface area (TPSA) is 89.5 Å². The summed E-state index contributed by atoms with van der Waals surface area (Å²) in [5.41, 5.74) is 7.98. The van der Waals surface area contributed by atoms with E-state index in [4.69, 9.17) is 5.73 Å². The van der Waals surface area contributed by atoms with Crippen molar-refractivity contribution in [3.8, 4) is 0 Å². The van der Waals surface area contributed by atoms with Crippen LogP contribution in [0.3, 0.4) is 0 Å². The van der Waals surface area contributed by atoms with Gasteiger partial charge in [0.2, 0.25) is 5.91 Å². The number of nitro benzene ring substituents is 1. The minimum atomic E-state index is -0.686. The molecule has 0 aliphatic rings. The fourth-order valence-electron chi connectivity index (χ4n) is 3.35. The van der Waals surface area contributed by atoms with Crippen molar-refractivity contribution < 1.29 is 9.72 Å². The zero-order chi connectivity index (χ0) is 20.1. The van der Waals surface area contributed by atoms with Gasteiger partial charge in [-0.15, -0.1) is 0 Å². The van der Waals surface area contributed by atoms with E-state index in [1.165, 1.54) is 12.1 Å². The largest absolute Gasteiger partial charge is 0.366 e. The number of nitro groups is 1. The second kappa shape index (κ2) is 8.45. The standard InChI is InChI=1S/C22H21N3O3/c1-24(15-19-13-12-18(22(23)26)14-20(19)25(27)28)21(16-8-4-2-5-9-16)17-10-6-3-7-11-17/h2-14,21H,15H2,1H3,(H2,23,26). The van der Waals surface area contributed by atoms with Gasteiger partial charge < -0.3 is 5.73 Å². The molecular weight excluding hydrogens is 354 g/mol. The number of carbonyl (C=O) groups excluding carboxylic acids is 1. The molecule has 0 aromatic heterocycles. The number of amides is 1. The van der Waals surface area contributed by atoms with E-state index in [0.29, 0.717) is 12.1 Å². The zero-order valence-corrected chi connectivity index (χ0v) is 15.5. The van der Waals surface area contributed by atoms with Gasteiger partial charge in [0, 0.05) is 23.7 Å². The first-order valence-corrected chi connectivity index (χ1v) is 8.84. The molecule has 0 spiro atoms. The van der Waals surface area contributed by atoms with Crippen LogP contribution in [0.4, 0.5) is 5.69 Å². The van der Waals surface area contributed by atoms with Crippen LogP contribution in [0.5, 0.6) is 0 Å². The molecule has 3 aromatic rings. The number of rotatable bonds is 7. The van der Waals surface area contributed by atoms with Crippen LogP contribution < -0.4 is 5.73 Å². The van der Waals surface area contributed by atoms with Crippen molar-refractivity contribution >= 4 is 11.6 Å². The summed E-state index contributed by atoms with van der Waals surface area (Å²) in [6.45, 7) is 0.337. The Hall–Kier alpha value is -3.51. The van der Waals surface area contributed by atoms with Crippen molar-refractivity contribution in [2.75, 3.05) is 7.05 Å². The second-order valence-electron chi connectivity index (χ2n) is 6.60. The van der Waals surface area contributed by atoms with Crippen LogP contribution in [0.25, 0.3) is 0 Å². The third kappa shape index (κ3) is 4.24. The van der Waals surface area contributed by atoms with Gasteiger partial charge in [-0.25, -0.2) is 0 Å². The number of hydrogen-bond donors (Lipinski definition) is 1. The van der Waals surface area contributed by atoms with Crippen LogP contribution >= 0.6 is 0 Å². The van der Waals surface area contributed by atoms with E-state index in [-0.39, 0.29) is 17.3 Å². The molecule has 0 aliphatic carbocycles. The number of hydrogen-bond acceptors (Lipinski definition) is 4. The highest BCUT2D eigenvalue weighted by molar-refractivity contribution is 5.93. The number of nitrogens with zero attached hydrogens (tertiary/aromatic N) is 2. The highest BCUT2D eigenvalue weighted by Crippen LogP contribution is 2.30. The molecule has 0 saturated heterocycles. The molecule has 1 amide bonds. The summed E-state index contributed by atoms with van der Waals surface area (Å²) in [6, 6.07) is 24.3. The van der Waals surface area contributed by atoms with Gasteiger partial charge in [-0.2, -0.15) is 0 Å². The molecule has 3 aromatic carbocycles. The molecule has 0 atom stereocenters. The van der Waals surface area contributed by atoms with Crippen LogP contribution in [0, 0.1) is 10.1 Å². The quantitative estimate of drug-likeness (QED) is 0.501. The monoisotopic (exact) mass is 375 g/mol. The van der Waals surface area contributed by atoms with Crippen LogP contribution in [0.2, 0.25) is 0 Å². The molecule has 6 nitrogen and oxygen atoms in total. The third-order valence-electron chi connectivity index (χ3n) is 4.66. The molecule has 0 bridgehead atoms. The predicted octanol–water partition coefficient (Wildman–Crippen LogP) is 3.92. The molecule has 0 radical (unpaired) electrons. The Morgan fingerprint density at radius 1 is 1.00 bits per heavy atom. The summed E-state index contributed by atoms with van der Waals surface area (Å²) in [6.07, 6.45) is 0. The summed E-state index contributed by atoms with van der Waals surface area (Å²) in [7, 11) is 1.93. The van der Waals surface area contributed by atoms with Gasteiger partial charge in [0.25, 0.3) is 5.69 Å². The van der Waals surface area contributed by atoms with Crippen molar-refractivity contribution in [3.63, 3.8) is 0 Å². The van der Waals surface area contributed by atoms with E-state index >= 15 is 0 Å². The molecule has 0 unspecified atom stereocenters. The fourth-order valence-corrected chi connectivity index (χ4v) is 3.35. The lowest BCUT2D eigenvalue weighted by Crippen LogP contribution is -2.25. The number of primary amides is 1. The lowest BCUT2D eigenvalue weighted by Gasteiger charge is -2.29. The molecule has 2 N–H and O–H groups in total. The molecule has 142 valence electrons. The first-order valence-electron chi connectivity index (χ1n) is 8.84. The Bertz CT molecular complexity index is 935. The van der Waals surface area contributed by atoms with Crippen molar-refractivity contribution in [2.45, 2.75) is 12.6 Å². The summed E-state index contributed by atoms with van der Waals surface area (Å²) in [4.78, 5) is 24.5. The molecule has 0 fully saturated rings. The highest BCUT2D eigenvalue weighted by Gasteiger charge is 2.23. The highest BCUT2D eigenvalue weighted by atomic mass is 16.6.